The SMILES string of the molecule is Cc1c(C(=O)OC(C)(C)C)ccc2c1CC[C@@H]2NC(=O)c1cc(C(=O)NCc2ccc(F)c(F)c2)nc2c(C(=O)O)cnn12. The number of halogens is 2. The molecule has 2 aromatic heterocycles. The maximum absolute atomic E-state index is 13.6. The molecule has 2 aromatic carbocycles. The fraction of sp³-hybridized carbons (Fsp3) is 0.290. The zero-order valence-electron chi connectivity index (χ0n) is 24.3. The van der Waals surface area contributed by atoms with Crippen LogP contribution in [-0.2, 0) is 17.7 Å². The summed E-state index contributed by atoms with van der Waals surface area (Å²) in [6.45, 7) is 7.01. The molecular weight excluding hydrogens is 576 g/mol. The van der Waals surface area contributed by atoms with Crippen LogP contribution in [0.4, 0.5) is 8.78 Å². The summed E-state index contributed by atoms with van der Waals surface area (Å²) in [7, 11) is 0. The van der Waals surface area contributed by atoms with Crippen molar-refractivity contribution >= 4 is 29.4 Å². The summed E-state index contributed by atoms with van der Waals surface area (Å²) in [5.41, 5.74) is 1.59. The Bertz CT molecular complexity index is 1850. The molecule has 0 fully saturated rings. The van der Waals surface area contributed by atoms with Gasteiger partial charge in [0.2, 0.25) is 0 Å². The molecule has 11 nitrogen and oxygen atoms in total. The monoisotopic (exact) mass is 605 g/mol. The Hall–Kier alpha value is -5.20. The molecular formula is C31H29F2N5O6. The van der Waals surface area contributed by atoms with E-state index in [1.165, 1.54) is 12.1 Å². The number of rotatable bonds is 7. The van der Waals surface area contributed by atoms with Gasteiger partial charge in [-0.3, -0.25) is 9.59 Å². The summed E-state index contributed by atoms with van der Waals surface area (Å²) >= 11 is 0. The number of fused-ring (bicyclic) bond motifs is 2. The highest BCUT2D eigenvalue weighted by molar-refractivity contribution is 6.01. The second kappa shape index (κ2) is 11.5. The molecule has 5 rings (SSSR count). The number of aromatic nitrogens is 3. The largest absolute Gasteiger partial charge is 0.477 e. The fourth-order valence-electron chi connectivity index (χ4n) is 5.13. The number of carbonyl (C=O) groups is 4. The Balaban J connectivity index is 1.42. The molecule has 0 spiro atoms. The molecule has 228 valence electrons. The molecule has 0 bridgehead atoms. The van der Waals surface area contributed by atoms with Crippen LogP contribution in [0.5, 0.6) is 0 Å². The predicted molar refractivity (Wildman–Crippen MR) is 152 cm³/mol. The highest BCUT2D eigenvalue weighted by Crippen LogP contribution is 2.35. The zero-order chi connectivity index (χ0) is 31.9. The van der Waals surface area contributed by atoms with Crippen LogP contribution in [0.2, 0.25) is 0 Å². The van der Waals surface area contributed by atoms with Crippen molar-refractivity contribution in [2.24, 2.45) is 0 Å². The second-order valence-electron chi connectivity index (χ2n) is 11.4. The Labute approximate surface area is 250 Å². The van der Waals surface area contributed by atoms with Gasteiger partial charge < -0.3 is 20.5 Å². The van der Waals surface area contributed by atoms with Gasteiger partial charge >= 0.3 is 11.9 Å². The Kier molecular flexibility index (Phi) is 7.89. The van der Waals surface area contributed by atoms with Crippen LogP contribution < -0.4 is 10.6 Å². The van der Waals surface area contributed by atoms with Crippen LogP contribution in [0.3, 0.4) is 0 Å². The molecule has 3 N–H and O–H groups in total. The number of nitrogens with zero attached hydrogens (tertiary/aromatic N) is 3. The number of hydrogen-bond acceptors (Lipinski definition) is 7. The maximum atomic E-state index is 13.6. The van der Waals surface area contributed by atoms with Gasteiger partial charge in [-0.1, -0.05) is 12.1 Å². The average molecular weight is 606 g/mol. The third kappa shape index (κ3) is 5.98. The lowest BCUT2D eigenvalue weighted by Crippen LogP contribution is -2.31. The van der Waals surface area contributed by atoms with Crippen LogP contribution >= 0.6 is 0 Å². The topological polar surface area (TPSA) is 152 Å². The molecule has 0 radical (unpaired) electrons. The molecule has 44 heavy (non-hydrogen) atoms. The van der Waals surface area contributed by atoms with Crippen molar-refractivity contribution in [2.45, 2.75) is 58.7 Å². The van der Waals surface area contributed by atoms with E-state index in [0.29, 0.717) is 18.4 Å². The molecule has 4 aromatic rings. The van der Waals surface area contributed by atoms with Crippen LogP contribution in [0.25, 0.3) is 5.65 Å². The molecule has 1 aliphatic carbocycles. The number of ether oxygens (including phenoxy) is 1. The minimum absolute atomic E-state index is 0.143. The number of benzene rings is 2. The van der Waals surface area contributed by atoms with E-state index in [-0.39, 0.29) is 34.7 Å². The summed E-state index contributed by atoms with van der Waals surface area (Å²) in [5, 5.41) is 19.1. The van der Waals surface area contributed by atoms with Gasteiger partial charge in [0.15, 0.2) is 17.3 Å². The van der Waals surface area contributed by atoms with Gasteiger partial charge in [-0.15, -0.1) is 0 Å². The van der Waals surface area contributed by atoms with Gasteiger partial charge in [0.25, 0.3) is 11.8 Å². The van der Waals surface area contributed by atoms with Gasteiger partial charge in [0, 0.05) is 12.6 Å². The van der Waals surface area contributed by atoms with Gasteiger partial charge in [-0.2, -0.15) is 5.10 Å². The second-order valence-corrected chi connectivity index (χ2v) is 11.4. The van der Waals surface area contributed by atoms with Crippen LogP contribution in [-0.4, -0.2) is 49.1 Å². The Morgan fingerprint density at radius 2 is 1.80 bits per heavy atom. The normalized spacial score (nSPS) is 14.3. The lowest BCUT2D eigenvalue weighted by atomic mass is 9.97. The third-order valence-electron chi connectivity index (χ3n) is 7.22. The fourth-order valence-corrected chi connectivity index (χ4v) is 5.13. The molecule has 1 atom stereocenters. The number of aromatic carboxylic acids is 1. The van der Waals surface area contributed by atoms with E-state index in [9.17, 15) is 33.1 Å². The first-order valence-corrected chi connectivity index (χ1v) is 13.7. The Morgan fingerprint density at radius 3 is 2.48 bits per heavy atom. The molecule has 0 saturated heterocycles. The summed E-state index contributed by atoms with van der Waals surface area (Å²) in [5.74, 6) is -5.33. The van der Waals surface area contributed by atoms with Crippen LogP contribution in [0, 0.1) is 18.6 Å². The summed E-state index contributed by atoms with van der Waals surface area (Å²) in [4.78, 5) is 55.3. The average Bonchev–Trinajstić information content (AvgIpc) is 3.57. The Morgan fingerprint density at radius 1 is 1.05 bits per heavy atom. The van der Waals surface area contributed by atoms with Crippen molar-refractivity contribution < 1.29 is 37.8 Å². The van der Waals surface area contributed by atoms with Gasteiger partial charge in [-0.05, 0) is 81.0 Å². The van der Waals surface area contributed by atoms with E-state index in [4.69, 9.17) is 4.74 Å². The molecule has 0 aliphatic heterocycles. The van der Waals surface area contributed by atoms with Crippen LogP contribution in [0.15, 0.2) is 42.6 Å². The number of carboxylic acid groups (broad SMARTS) is 1. The van der Waals surface area contributed by atoms with Crippen molar-refractivity contribution in [3.05, 3.63) is 99.0 Å². The van der Waals surface area contributed by atoms with E-state index in [1.54, 1.807) is 32.9 Å². The molecule has 13 heteroatoms. The first kappa shape index (κ1) is 30.3. The van der Waals surface area contributed by atoms with E-state index in [2.05, 4.69) is 20.7 Å². The minimum Gasteiger partial charge on any atom is -0.477 e. The maximum Gasteiger partial charge on any atom is 0.341 e. The quantitative estimate of drug-likeness (QED) is 0.264. The van der Waals surface area contributed by atoms with Crippen molar-refractivity contribution in [1.82, 2.24) is 25.2 Å². The smallest absolute Gasteiger partial charge is 0.341 e. The molecule has 2 heterocycles. The zero-order valence-corrected chi connectivity index (χ0v) is 24.3. The highest BCUT2D eigenvalue weighted by Gasteiger charge is 2.30. The van der Waals surface area contributed by atoms with Crippen molar-refractivity contribution in [3.63, 3.8) is 0 Å². The van der Waals surface area contributed by atoms with E-state index < -0.39 is 47.0 Å². The first-order chi connectivity index (χ1) is 20.7. The predicted octanol–water partition coefficient (Wildman–Crippen LogP) is 4.32. The van der Waals surface area contributed by atoms with E-state index in [0.717, 1.165) is 39.5 Å². The molecule has 1 aliphatic rings. The number of hydrogen-bond donors (Lipinski definition) is 3. The third-order valence-corrected chi connectivity index (χ3v) is 7.22. The van der Waals surface area contributed by atoms with Gasteiger partial charge in [-0.25, -0.2) is 27.9 Å². The lowest BCUT2D eigenvalue weighted by molar-refractivity contribution is 0.00681. The summed E-state index contributed by atoms with van der Waals surface area (Å²) in [6, 6.07) is 7.33. The number of nitrogens with one attached hydrogen (secondary N) is 2. The van der Waals surface area contributed by atoms with Crippen molar-refractivity contribution in [3.8, 4) is 0 Å². The number of carboxylic acids is 1. The number of amides is 2. The van der Waals surface area contributed by atoms with E-state index >= 15 is 0 Å². The standard InChI is InChI=1S/C31H29F2N5O6/c1-15-17-8-10-23(19(17)7-6-18(15)30(43)44-31(2,3)4)37-28(40)25-12-24(36-26-20(29(41)42)14-35-38(25)26)27(39)34-13-16-5-9-21(32)22(33)11-16/h5-7,9,11-12,14,23H,8,10,13H2,1-4H3,(H,34,39)(H,37,40)(H,41,42)/t23-/m0/s1. The molecule has 0 saturated carbocycles. The molecule has 2 amide bonds. The van der Waals surface area contributed by atoms with Gasteiger partial charge in [0.1, 0.15) is 22.6 Å². The highest BCUT2D eigenvalue weighted by atomic mass is 19.2. The van der Waals surface area contributed by atoms with Crippen molar-refractivity contribution in [1.29, 1.82) is 0 Å². The van der Waals surface area contributed by atoms with Crippen LogP contribution in [0.1, 0.15) is 97.2 Å². The minimum atomic E-state index is -1.36. The summed E-state index contributed by atoms with van der Waals surface area (Å²) < 4.78 is 33.4. The molecule has 0 unspecified atom stereocenters. The van der Waals surface area contributed by atoms with Gasteiger partial charge in [0.05, 0.1) is 17.8 Å². The van der Waals surface area contributed by atoms with E-state index in [1.807, 2.05) is 6.92 Å². The van der Waals surface area contributed by atoms with Crippen molar-refractivity contribution in [2.75, 3.05) is 0 Å². The lowest BCUT2D eigenvalue weighted by Gasteiger charge is -2.21. The first-order valence-electron chi connectivity index (χ1n) is 13.7. The number of esters is 1. The number of carbonyl (C=O) groups excluding carboxylic acids is 3. The summed E-state index contributed by atoms with van der Waals surface area (Å²) in [6.07, 6.45) is 2.16.